The summed E-state index contributed by atoms with van der Waals surface area (Å²) in [7, 11) is 0. The molecule has 6 aromatic carbocycles. The summed E-state index contributed by atoms with van der Waals surface area (Å²) in [4.78, 5) is 0. The van der Waals surface area contributed by atoms with Gasteiger partial charge in [-0.2, -0.15) is 0 Å². The summed E-state index contributed by atoms with van der Waals surface area (Å²) in [6.07, 6.45) is 0. The van der Waals surface area contributed by atoms with Gasteiger partial charge in [0.2, 0.25) is 0 Å². The molecule has 6 rings (SSSR count). The highest BCUT2D eigenvalue weighted by Crippen LogP contribution is 2.47. The molecule has 0 aliphatic carbocycles. The first-order valence-corrected chi connectivity index (χ1v) is 16.4. The Morgan fingerprint density at radius 2 is 0.810 bits per heavy atom. The highest BCUT2D eigenvalue weighted by Gasteiger charge is 2.33. The molecule has 42 heavy (non-hydrogen) atoms. The number of hydrogen-bond donors (Lipinski definition) is 2. The van der Waals surface area contributed by atoms with Crippen LogP contribution in [0.2, 0.25) is 0 Å². The van der Waals surface area contributed by atoms with E-state index in [1.165, 1.54) is 21.9 Å². The van der Waals surface area contributed by atoms with E-state index in [0.717, 1.165) is 27.8 Å². The maximum atomic E-state index is 10.4. The van der Waals surface area contributed by atoms with Gasteiger partial charge in [-0.25, -0.2) is 0 Å². The first-order valence-electron chi connectivity index (χ1n) is 13.2. The molecular formula is C36H24Br4O2. The molecule has 2 nitrogen and oxygen atoms in total. The van der Waals surface area contributed by atoms with Gasteiger partial charge in [-0.15, -0.1) is 0 Å². The highest BCUT2D eigenvalue weighted by atomic mass is 79.9. The van der Waals surface area contributed by atoms with Crippen LogP contribution in [0.1, 0.15) is 23.6 Å². The molecule has 2 N–H and O–H groups in total. The van der Waals surface area contributed by atoms with Crippen LogP contribution < -0.4 is 0 Å². The Morgan fingerprint density at radius 1 is 0.429 bits per heavy atom. The van der Waals surface area contributed by atoms with Gasteiger partial charge >= 0.3 is 0 Å². The molecule has 0 saturated heterocycles. The summed E-state index contributed by atoms with van der Waals surface area (Å²) in [5.41, 5.74) is 7.02. The highest BCUT2D eigenvalue weighted by molar-refractivity contribution is 9.11. The van der Waals surface area contributed by atoms with Crippen molar-refractivity contribution in [3.8, 4) is 33.8 Å². The van der Waals surface area contributed by atoms with E-state index in [-0.39, 0.29) is 11.5 Å². The minimum Gasteiger partial charge on any atom is -0.506 e. The molecule has 6 heteroatoms. The predicted molar refractivity (Wildman–Crippen MR) is 187 cm³/mol. The van der Waals surface area contributed by atoms with Crippen LogP contribution in [0.5, 0.6) is 11.5 Å². The Bertz CT molecular complexity index is 1840. The topological polar surface area (TPSA) is 40.5 Å². The molecule has 0 amide bonds. The molecule has 0 aliphatic rings. The monoisotopic (exact) mass is 804 g/mol. The van der Waals surface area contributed by atoms with Gasteiger partial charge in [0.15, 0.2) is 0 Å². The second-order valence-electron chi connectivity index (χ2n) is 10.4. The smallest absolute Gasteiger partial charge is 0.143 e. The third-order valence-corrected chi connectivity index (χ3v) is 10.4. The van der Waals surface area contributed by atoms with E-state index in [4.69, 9.17) is 0 Å². The van der Waals surface area contributed by atoms with Crippen LogP contribution in [0.4, 0.5) is 0 Å². The zero-order valence-electron chi connectivity index (χ0n) is 22.4. The van der Waals surface area contributed by atoms with Crippen molar-refractivity contribution >= 4 is 74.5 Å². The lowest BCUT2D eigenvalue weighted by Crippen LogP contribution is -2.25. The maximum Gasteiger partial charge on any atom is 0.143 e. The number of phenolic OH excluding ortho intramolecular Hbond substituents is 2. The van der Waals surface area contributed by atoms with Crippen LogP contribution in [-0.4, -0.2) is 10.2 Å². The van der Waals surface area contributed by atoms with Gasteiger partial charge in [0, 0.05) is 5.41 Å². The van der Waals surface area contributed by atoms with E-state index < -0.39 is 5.41 Å². The maximum absolute atomic E-state index is 10.4. The molecule has 0 fully saturated rings. The largest absolute Gasteiger partial charge is 0.506 e. The third-order valence-electron chi connectivity index (χ3n) is 7.95. The number of aromatic hydroxyl groups is 2. The van der Waals surface area contributed by atoms with Crippen molar-refractivity contribution in [3.63, 3.8) is 0 Å². The molecule has 0 bridgehead atoms. The summed E-state index contributed by atoms with van der Waals surface area (Å²) >= 11 is 14.1. The average Bonchev–Trinajstić information content (AvgIpc) is 3.01. The van der Waals surface area contributed by atoms with Crippen LogP contribution >= 0.6 is 63.7 Å². The molecule has 0 aromatic heterocycles. The van der Waals surface area contributed by atoms with E-state index in [0.29, 0.717) is 17.9 Å². The van der Waals surface area contributed by atoms with Crippen molar-refractivity contribution in [2.24, 2.45) is 0 Å². The fraction of sp³-hybridized carbons (Fsp3) is 0.0556. The lowest BCUT2D eigenvalue weighted by atomic mass is 9.71. The zero-order valence-corrected chi connectivity index (χ0v) is 28.7. The van der Waals surface area contributed by atoms with Crippen LogP contribution in [0.25, 0.3) is 33.0 Å². The second kappa shape index (κ2) is 11.6. The number of rotatable bonds is 5. The van der Waals surface area contributed by atoms with Gasteiger partial charge in [-0.05, 0) is 151 Å². The molecule has 0 unspecified atom stereocenters. The normalized spacial score (nSPS) is 11.6. The number of halogens is 4. The Balaban J connectivity index is 1.39. The van der Waals surface area contributed by atoms with E-state index in [1.807, 2.05) is 24.3 Å². The SMILES string of the molecule is CC(c1ccc(-c2ccc(-c3ccc4ccccc4c3)cc2)cc1)(c1cc(Br)c(O)c(Br)c1)c1cc(Br)c(O)c(Br)c1. The van der Waals surface area contributed by atoms with E-state index in [9.17, 15) is 10.2 Å². The van der Waals surface area contributed by atoms with Gasteiger partial charge in [0.1, 0.15) is 11.5 Å². The van der Waals surface area contributed by atoms with Gasteiger partial charge in [-0.1, -0.05) is 84.9 Å². The lowest BCUT2D eigenvalue weighted by molar-refractivity contribution is 0.467. The first kappa shape index (κ1) is 29.2. The second-order valence-corrected chi connectivity index (χ2v) is 13.8. The van der Waals surface area contributed by atoms with Crippen molar-refractivity contribution < 1.29 is 10.2 Å². The molecule has 208 valence electrons. The Labute approximate surface area is 278 Å². The minimum absolute atomic E-state index is 0.150. The van der Waals surface area contributed by atoms with Crippen LogP contribution in [0.3, 0.4) is 0 Å². The first-order chi connectivity index (χ1) is 20.1. The Kier molecular flexibility index (Phi) is 8.09. The van der Waals surface area contributed by atoms with Gasteiger partial charge < -0.3 is 10.2 Å². The Morgan fingerprint density at radius 3 is 1.29 bits per heavy atom. The minimum atomic E-state index is -0.615. The van der Waals surface area contributed by atoms with Crippen molar-refractivity contribution in [1.82, 2.24) is 0 Å². The zero-order chi connectivity index (χ0) is 29.6. The lowest BCUT2D eigenvalue weighted by Gasteiger charge is -2.33. The molecular weight excluding hydrogens is 784 g/mol. The van der Waals surface area contributed by atoms with Gasteiger partial charge in [-0.3, -0.25) is 0 Å². The molecule has 6 aromatic rings. The van der Waals surface area contributed by atoms with Gasteiger partial charge in [0.25, 0.3) is 0 Å². The quantitative estimate of drug-likeness (QED) is 0.170. The molecule has 0 saturated carbocycles. The molecule has 0 spiro atoms. The van der Waals surface area contributed by atoms with Gasteiger partial charge in [0.05, 0.1) is 17.9 Å². The summed E-state index contributed by atoms with van der Waals surface area (Å²) in [6.45, 7) is 2.15. The number of phenols is 2. The molecule has 0 atom stereocenters. The fourth-order valence-corrected chi connectivity index (χ4v) is 7.80. The third kappa shape index (κ3) is 5.35. The molecule has 0 heterocycles. The summed E-state index contributed by atoms with van der Waals surface area (Å²) in [5.74, 6) is 0.299. The van der Waals surface area contributed by atoms with E-state index >= 15 is 0 Å². The summed E-state index contributed by atoms with van der Waals surface area (Å²) in [5, 5.41) is 23.3. The summed E-state index contributed by atoms with van der Waals surface area (Å²) < 4.78 is 2.38. The van der Waals surface area contributed by atoms with Crippen molar-refractivity contribution in [3.05, 3.63) is 150 Å². The van der Waals surface area contributed by atoms with Crippen molar-refractivity contribution in [2.45, 2.75) is 12.3 Å². The molecule has 0 aliphatic heterocycles. The average molecular weight is 808 g/mol. The fourth-order valence-electron chi connectivity index (χ4n) is 5.43. The number of fused-ring (bicyclic) bond motifs is 1. The van der Waals surface area contributed by atoms with E-state index in [1.54, 1.807) is 0 Å². The van der Waals surface area contributed by atoms with Crippen molar-refractivity contribution in [1.29, 1.82) is 0 Å². The van der Waals surface area contributed by atoms with E-state index in [2.05, 4.69) is 162 Å². The van der Waals surface area contributed by atoms with Crippen LogP contribution in [0, 0.1) is 0 Å². The molecule has 0 radical (unpaired) electrons. The predicted octanol–water partition coefficient (Wildman–Crippen LogP) is 12.0. The van der Waals surface area contributed by atoms with Crippen LogP contribution in [-0.2, 0) is 5.41 Å². The Hall–Kier alpha value is -2.90. The van der Waals surface area contributed by atoms with Crippen molar-refractivity contribution in [2.75, 3.05) is 0 Å². The summed E-state index contributed by atoms with van der Waals surface area (Å²) in [6, 6.07) is 40.0. The van der Waals surface area contributed by atoms with Crippen LogP contribution in [0.15, 0.2) is 133 Å². The standard InChI is InChI=1S/C36H24Br4O2/c1-36(28-17-30(37)34(41)31(38)18-28,29-19-32(39)35(42)33(40)20-29)27-14-12-23(13-15-27)22-6-8-24(9-7-22)26-11-10-21-4-2-3-5-25(21)16-26/h2-20,41-42H,1H3. The number of hydrogen-bond acceptors (Lipinski definition) is 2. The number of benzene rings is 6.